The molecule has 1 fully saturated rings. The smallest absolute Gasteiger partial charge is 0.220 e. The molecular weight excluding hydrogens is 266 g/mol. The molecule has 1 unspecified atom stereocenters. The molecule has 1 atom stereocenters. The molecule has 1 saturated carbocycles. The molecule has 1 amide bonds. The van der Waals surface area contributed by atoms with Crippen molar-refractivity contribution in [1.82, 2.24) is 5.32 Å². The molecule has 2 nitrogen and oxygen atoms in total. The zero-order chi connectivity index (χ0) is 11.8. The maximum absolute atomic E-state index is 11.6. The molecule has 0 radical (unpaired) electrons. The van der Waals surface area contributed by atoms with Gasteiger partial charge in [0.1, 0.15) is 0 Å². The molecule has 0 bridgehead atoms. The van der Waals surface area contributed by atoms with Crippen LogP contribution in [0.3, 0.4) is 0 Å². The van der Waals surface area contributed by atoms with Crippen molar-refractivity contribution in [2.45, 2.75) is 51.9 Å². The van der Waals surface area contributed by atoms with Gasteiger partial charge in [0.05, 0.1) is 0 Å². The summed E-state index contributed by atoms with van der Waals surface area (Å²) in [7, 11) is 0. The molecule has 0 saturated heterocycles. The van der Waals surface area contributed by atoms with Crippen LogP contribution in [0.25, 0.3) is 0 Å². The first-order chi connectivity index (χ1) is 7.72. The first-order valence-corrected chi connectivity index (χ1v) is 7.67. The van der Waals surface area contributed by atoms with E-state index in [-0.39, 0.29) is 5.91 Å². The van der Waals surface area contributed by atoms with Crippen LogP contribution in [0.2, 0.25) is 0 Å². The van der Waals surface area contributed by atoms with Crippen molar-refractivity contribution in [3.8, 4) is 0 Å². The lowest BCUT2D eigenvalue weighted by Gasteiger charge is -2.12. The Morgan fingerprint density at radius 3 is 2.75 bits per heavy atom. The van der Waals surface area contributed by atoms with Gasteiger partial charge in [0, 0.05) is 18.3 Å². The minimum Gasteiger partial charge on any atom is -0.356 e. The van der Waals surface area contributed by atoms with Crippen LogP contribution in [0.5, 0.6) is 0 Å². The van der Waals surface area contributed by atoms with Crippen LogP contribution in [0.4, 0.5) is 0 Å². The minimum absolute atomic E-state index is 0.244. The fourth-order valence-electron chi connectivity index (χ4n) is 2.30. The second kappa shape index (κ2) is 8.10. The monoisotopic (exact) mass is 289 g/mol. The highest BCUT2D eigenvalue weighted by Crippen LogP contribution is 2.28. The van der Waals surface area contributed by atoms with Gasteiger partial charge in [0.2, 0.25) is 5.91 Å². The van der Waals surface area contributed by atoms with Crippen LogP contribution in [-0.4, -0.2) is 17.8 Å². The number of hydrogen-bond acceptors (Lipinski definition) is 1. The van der Waals surface area contributed by atoms with E-state index in [1.165, 1.54) is 25.7 Å². The summed E-state index contributed by atoms with van der Waals surface area (Å²) in [5.74, 6) is 1.65. The van der Waals surface area contributed by atoms with Crippen LogP contribution in [0.15, 0.2) is 0 Å². The van der Waals surface area contributed by atoms with Gasteiger partial charge in [0.15, 0.2) is 0 Å². The van der Waals surface area contributed by atoms with Crippen molar-refractivity contribution in [3.05, 3.63) is 0 Å². The highest BCUT2D eigenvalue weighted by atomic mass is 79.9. The van der Waals surface area contributed by atoms with E-state index >= 15 is 0 Å². The molecule has 0 heterocycles. The van der Waals surface area contributed by atoms with Crippen molar-refractivity contribution in [3.63, 3.8) is 0 Å². The lowest BCUT2D eigenvalue weighted by Crippen LogP contribution is -2.28. The molecule has 0 aromatic heterocycles. The average Bonchev–Trinajstić information content (AvgIpc) is 2.77. The summed E-state index contributed by atoms with van der Waals surface area (Å²) < 4.78 is 0. The van der Waals surface area contributed by atoms with Crippen LogP contribution in [0, 0.1) is 11.8 Å². The van der Waals surface area contributed by atoms with E-state index in [1.54, 1.807) is 0 Å². The van der Waals surface area contributed by atoms with Gasteiger partial charge in [-0.25, -0.2) is 0 Å². The van der Waals surface area contributed by atoms with Crippen LogP contribution >= 0.6 is 15.9 Å². The maximum Gasteiger partial charge on any atom is 0.220 e. The second-order valence-corrected chi connectivity index (χ2v) is 5.87. The normalized spacial score (nSPS) is 18.6. The third-order valence-corrected chi connectivity index (χ3v) is 3.96. The second-order valence-electron chi connectivity index (χ2n) is 5.08. The molecule has 3 heteroatoms. The molecule has 1 N–H and O–H groups in total. The average molecular weight is 290 g/mol. The molecular formula is C13H24BrNO. The van der Waals surface area contributed by atoms with E-state index in [0.717, 1.165) is 37.1 Å². The Morgan fingerprint density at radius 2 is 2.12 bits per heavy atom. The number of amides is 1. The van der Waals surface area contributed by atoms with Gasteiger partial charge in [-0.1, -0.05) is 48.5 Å². The number of rotatable bonds is 7. The molecule has 94 valence electrons. The predicted octanol–water partition coefficient (Wildman–Crippen LogP) is 3.49. The zero-order valence-corrected chi connectivity index (χ0v) is 11.9. The molecule has 0 aromatic rings. The van der Waals surface area contributed by atoms with E-state index in [4.69, 9.17) is 0 Å². The van der Waals surface area contributed by atoms with E-state index in [9.17, 15) is 4.79 Å². The van der Waals surface area contributed by atoms with Gasteiger partial charge in [-0.15, -0.1) is 0 Å². The number of nitrogens with one attached hydrogen (secondary N) is 1. The number of carbonyl (C=O) groups is 1. The van der Waals surface area contributed by atoms with E-state index in [2.05, 4.69) is 28.2 Å². The maximum atomic E-state index is 11.6. The van der Waals surface area contributed by atoms with Crippen molar-refractivity contribution in [2.24, 2.45) is 11.8 Å². The first kappa shape index (κ1) is 14.0. The zero-order valence-electron chi connectivity index (χ0n) is 10.3. The van der Waals surface area contributed by atoms with Gasteiger partial charge in [0.25, 0.3) is 0 Å². The van der Waals surface area contributed by atoms with Gasteiger partial charge >= 0.3 is 0 Å². The van der Waals surface area contributed by atoms with E-state index in [1.807, 2.05) is 0 Å². The highest BCUT2D eigenvalue weighted by Gasteiger charge is 2.16. The van der Waals surface area contributed by atoms with Crippen LogP contribution in [0.1, 0.15) is 51.9 Å². The number of carbonyl (C=O) groups excluding carboxylic acids is 1. The van der Waals surface area contributed by atoms with Gasteiger partial charge < -0.3 is 5.32 Å². The summed E-state index contributed by atoms with van der Waals surface area (Å²) in [4.78, 5) is 11.6. The summed E-state index contributed by atoms with van der Waals surface area (Å²) in [6.45, 7) is 3.01. The molecule has 0 aromatic carbocycles. The number of hydrogen-bond donors (Lipinski definition) is 1. The SMILES string of the molecule is CC(CCBr)CNC(=O)CCC1CCCC1. The summed E-state index contributed by atoms with van der Waals surface area (Å²) in [6.07, 6.45) is 8.37. The fourth-order valence-corrected chi connectivity index (χ4v) is 3.08. The quantitative estimate of drug-likeness (QED) is 0.714. The minimum atomic E-state index is 0.244. The first-order valence-electron chi connectivity index (χ1n) is 6.55. The Balaban J connectivity index is 2.01. The lowest BCUT2D eigenvalue weighted by atomic mass is 10.0. The third kappa shape index (κ3) is 5.88. The van der Waals surface area contributed by atoms with Gasteiger partial charge in [-0.2, -0.15) is 0 Å². The highest BCUT2D eigenvalue weighted by molar-refractivity contribution is 9.09. The van der Waals surface area contributed by atoms with Gasteiger partial charge in [-0.3, -0.25) is 4.79 Å². The number of halogens is 1. The standard InChI is InChI=1S/C13H24BrNO/c1-11(8-9-14)10-15-13(16)7-6-12-4-2-3-5-12/h11-12H,2-10H2,1H3,(H,15,16). The fraction of sp³-hybridized carbons (Fsp3) is 0.923. The van der Waals surface area contributed by atoms with Crippen molar-refractivity contribution >= 4 is 21.8 Å². The Bertz CT molecular complexity index is 202. The molecule has 1 aliphatic carbocycles. The Labute approximate surface area is 108 Å². The summed E-state index contributed by atoms with van der Waals surface area (Å²) in [5, 5.41) is 4.05. The molecule has 16 heavy (non-hydrogen) atoms. The number of alkyl halides is 1. The predicted molar refractivity (Wildman–Crippen MR) is 71.8 cm³/mol. The van der Waals surface area contributed by atoms with Crippen LogP contribution < -0.4 is 5.32 Å². The molecule has 0 spiro atoms. The molecule has 1 aliphatic rings. The van der Waals surface area contributed by atoms with E-state index in [0.29, 0.717) is 5.92 Å². The summed E-state index contributed by atoms with van der Waals surface area (Å²) in [6, 6.07) is 0. The Hall–Kier alpha value is -0.0500. The van der Waals surface area contributed by atoms with E-state index < -0.39 is 0 Å². The summed E-state index contributed by atoms with van der Waals surface area (Å²) >= 11 is 3.42. The van der Waals surface area contributed by atoms with Crippen molar-refractivity contribution < 1.29 is 4.79 Å². The Morgan fingerprint density at radius 1 is 1.44 bits per heavy atom. The van der Waals surface area contributed by atoms with Gasteiger partial charge in [-0.05, 0) is 24.7 Å². The lowest BCUT2D eigenvalue weighted by molar-refractivity contribution is -0.121. The summed E-state index contributed by atoms with van der Waals surface area (Å²) in [5.41, 5.74) is 0. The third-order valence-electron chi connectivity index (χ3n) is 3.50. The Kier molecular flexibility index (Phi) is 7.10. The largest absolute Gasteiger partial charge is 0.356 e. The molecule has 0 aliphatic heterocycles. The van der Waals surface area contributed by atoms with Crippen molar-refractivity contribution in [2.75, 3.05) is 11.9 Å². The van der Waals surface area contributed by atoms with Crippen molar-refractivity contribution in [1.29, 1.82) is 0 Å². The van der Waals surface area contributed by atoms with Crippen LogP contribution in [-0.2, 0) is 4.79 Å². The molecule has 1 rings (SSSR count). The topological polar surface area (TPSA) is 29.1 Å².